The molecule has 23 heavy (non-hydrogen) atoms. The first-order chi connectivity index (χ1) is 10.4. The maximum absolute atomic E-state index is 13.1. The number of carboxylic acids is 1. The summed E-state index contributed by atoms with van der Waals surface area (Å²) in [4.78, 5) is 22.4. The third-order valence-electron chi connectivity index (χ3n) is 2.43. The summed E-state index contributed by atoms with van der Waals surface area (Å²) in [6.45, 7) is 0. The molecular formula is C11H6F5O6S-. The van der Waals surface area contributed by atoms with Crippen LogP contribution in [-0.4, -0.2) is 43.3 Å². The molecule has 2 unspecified atom stereocenters. The van der Waals surface area contributed by atoms with Crippen molar-refractivity contribution in [2.75, 3.05) is 0 Å². The Kier molecular flexibility index (Phi) is 5.43. The van der Waals surface area contributed by atoms with Gasteiger partial charge in [0, 0.05) is 11.1 Å². The van der Waals surface area contributed by atoms with Crippen LogP contribution in [0.3, 0.4) is 0 Å². The van der Waals surface area contributed by atoms with Crippen LogP contribution in [0.25, 0.3) is 0 Å². The summed E-state index contributed by atoms with van der Waals surface area (Å²) < 4.78 is 88.0. The number of carboxylic acid groups (broad SMARTS) is 1. The van der Waals surface area contributed by atoms with Crippen molar-refractivity contribution in [3.05, 3.63) is 35.4 Å². The van der Waals surface area contributed by atoms with E-state index in [0.29, 0.717) is 0 Å². The molecular weight excluding hydrogens is 355 g/mol. The van der Waals surface area contributed by atoms with Gasteiger partial charge in [0.1, 0.15) is 0 Å². The number of halogens is 5. The first kappa shape index (κ1) is 19.0. The second kappa shape index (κ2) is 6.58. The highest BCUT2D eigenvalue weighted by atomic mass is 32.2. The molecule has 0 bridgehead atoms. The van der Waals surface area contributed by atoms with E-state index in [-0.39, 0.29) is 0 Å². The molecule has 1 N–H and O–H groups in total. The quantitative estimate of drug-likeness (QED) is 0.488. The van der Waals surface area contributed by atoms with Crippen molar-refractivity contribution in [2.45, 2.75) is 17.5 Å². The Balaban J connectivity index is 3.23. The number of carbonyl (C=O) groups excluding carboxylic acids is 1. The van der Waals surface area contributed by atoms with E-state index in [1.165, 1.54) is 0 Å². The molecule has 0 heterocycles. The number of rotatable bonds is 5. The lowest BCUT2D eigenvalue weighted by Crippen LogP contribution is -2.50. The number of hydrogen-bond acceptors (Lipinski definition) is 5. The van der Waals surface area contributed by atoms with Gasteiger partial charge in [-0.05, 0) is 12.1 Å². The van der Waals surface area contributed by atoms with Crippen LogP contribution in [0, 0.1) is 0 Å². The first-order valence-electron chi connectivity index (χ1n) is 5.46. The minimum atomic E-state index is -5.91. The maximum atomic E-state index is 13.1. The van der Waals surface area contributed by atoms with Crippen LogP contribution in [0.1, 0.15) is 20.7 Å². The van der Waals surface area contributed by atoms with E-state index in [1.54, 1.807) is 0 Å². The average Bonchev–Trinajstić information content (AvgIpc) is 2.42. The van der Waals surface area contributed by atoms with Gasteiger partial charge in [0.2, 0.25) is 0 Å². The van der Waals surface area contributed by atoms with Crippen molar-refractivity contribution in [1.29, 1.82) is 0 Å². The molecule has 0 saturated carbocycles. The molecule has 0 saturated heterocycles. The lowest BCUT2D eigenvalue weighted by molar-refractivity contribution is -0.247. The standard InChI is InChI=1S/C11H7F5O6S/c12-10(13,14)9(11(15,16)23(20)21)22-8(19)6-4-2-1-3-5(6)7(17)18/h1-4,9H,(H,17,18)(H,20,21)/p-1. The van der Waals surface area contributed by atoms with E-state index >= 15 is 0 Å². The van der Waals surface area contributed by atoms with Crippen molar-refractivity contribution in [1.82, 2.24) is 0 Å². The van der Waals surface area contributed by atoms with Crippen molar-refractivity contribution < 1.29 is 50.1 Å². The van der Waals surface area contributed by atoms with Crippen LogP contribution >= 0.6 is 0 Å². The highest BCUT2D eigenvalue weighted by Crippen LogP contribution is 2.37. The molecule has 1 aromatic carbocycles. The highest BCUT2D eigenvalue weighted by molar-refractivity contribution is 7.80. The van der Waals surface area contributed by atoms with E-state index in [4.69, 9.17) is 5.11 Å². The van der Waals surface area contributed by atoms with Gasteiger partial charge in [0.05, 0.1) is 11.1 Å². The third-order valence-corrected chi connectivity index (χ3v) is 3.09. The fourth-order valence-electron chi connectivity index (χ4n) is 1.43. The SMILES string of the molecule is O=C(O)c1ccccc1C(=O)OC(C(F)(F)F)C(F)(F)S(=O)[O-]. The summed E-state index contributed by atoms with van der Waals surface area (Å²) in [5.41, 5.74) is -1.74. The molecule has 6 nitrogen and oxygen atoms in total. The third kappa shape index (κ3) is 4.22. The molecule has 0 aliphatic heterocycles. The normalized spacial score (nSPS) is 14.9. The predicted octanol–water partition coefficient (Wildman–Crippen LogP) is 1.94. The van der Waals surface area contributed by atoms with Crippen LogP contribution in [-0.2, 0) is 15.8 Å². The molecule has 0 spiro atoms. The smallest absolute Gasteiger partial charge is 0.432 e. The summed E-state index contributed by atoms with van der Waals surface area (Å²) in [5, 5.41) is 3.33. The number of aromatic carboxylic acids is 1. The molecule has 0 amide bonds. The fourth-order valence-corrected chi connectivity index (χ4v) is 1.79. The number of esters is 1. The molecule has 2 atom stereocenters. The Morgan fingerprint density at radius 2 is 1.61 bits per heavy atom. The summed E-state index contributed by atoms with van der Waals surface area (Å²) in [5.74, 6) is -3.78. The van der Waals surface area contributed by atoms with Gasteiger partial charge in [0.15, 0.2) is 0 Å². The van der Waals surface area contributed by atoms with Gasteiger partial charge >= 0.3 is 23.4 Å². The fraction of sp³-hybridized carbons (Fsp3) is 0.273. The Hall–Kier alpha value is -2.08. The van der Waals surface area contributed by atoms with E-state index in [0.717, 1.165) is 24.3 Å². The Morgan fingerprint density at radius 3 is 2.00 bits per heavy atom. The Labute approximate surface area is 127 Å². The lowest BCUT2D eigenvalue weighted by atomic mass is 10.1. The van der Waals surface area contributed by atoms with Crippen LogP contribution in [0.4, 0.5) is 22.0 Å². The van der Waals surface area contributed by atoms with Crippen molar-refractivity contribution in [3.8, 4) is 0 Å². The van der Waals surface area contributed by atoms with Crippen LogP contribution in [0.2, 0.25) is 0 Å². The van der Waals surface area contributed by atoms with Gasteiger partial charge < -0.3 is 14.4 Å². The van der Waals surface area contributed by atoms with Crippen LogP contribution in [0.5, 0.6) is 0 Å². The molecule has 1 rings (SSSR count). The van der Waals surface area contributed by atoms with E-state index in [2.05, 4.69) is 4.74 Å². The second-order valence-corrected chi connectivity index (χ2v) is 4.99. The monoisotopic (exact) mass is 361 g/mol. The number of hydrogen-bond donors (Lipinski definition) is 1. The summed E-state index contributed by atoms with van der Waals surface area (Å²) >= 11 is -4.54. The number of ether oxygens (including phenoxy) is 1. The average molecular weight is 361 g/mol. The van der Waals surface area contributed by atoms with Crippen molar-refractivity contribution in [2.24, 2.45) is 0 Å². The predicted molar refractivity (Wildman–Crippen MR) is 62.5 cm³/mol. The molecule has 1 aromatic rings. The molecule has 12 heteroatoms. The molecule has 0 aromatic heterocycles. The molecule has 0 aliphatic carbocycles. The Morgan fingerprint density at radius 1 is 1.13 bits per heavy atom. The minimum Gasteiger partial charge on any atom is -0.768 e. The van der Waals surface area contributed by atoms with E-state index < -0.39 is 51.7 Å². The van der Waals surface area contributed by atoms with E-state index in [9.17, 15) is 40.3 Å². The van der Waals surface area contributed by atoms with Gasteiger partial charge in [-0.25, -0.2) is 9.59 Å². The zero-order valence-electron chi connectivity index (χ0n) is 10.7. The zero-order valence-corrected chi connectivity index (χ0v) is 11.5. The van der Waals surface area contributed by atoms with Gasteiger partial charge in [0.25, 0.3) is 6.10 Å². The van der Waals surface area contributed by atoms with Gasteiger partial charge in [-0.15, -0.1) is 0 Å². The zero-order chi connectivity index (χ0) is 18.0. The van der Waals surface area contributed by atoms with Crippen LogP contribution < -0.4 is 0 Å². The molecule has 0 fully saturated rings. The number of carbonyl (C=O) groups is 2. The lowest BCUT2D eigenvalue weighted by Gasteiger charge is -2.29. The largest absolute Gasteiger partial charge is 0.768 e. The molecule has 128 valence electrons. The van der Waals surface area contributed by atoms with Crippen molar-refractivity contribution in [3.63, 3.8) is 0 Å². The highest BCUT2D eigenvalue weighted by Gasteiger charge is 2.60. The number of alkyl halides is 5. The Bertz CT molecular complexity index is 644. The number of benzene rings is 1. The topological polar surface area (TPSA) is 104 Å². The minimum absolute atomic E-state index is 0.728. The van der Waals surface area contributed by atoms with E-state index in [1.807, 2.05) is 0 Å². The van der Waals surface area contributed by atoms with Crippen molar-refractivity contribution >= 4 is 23.0 Å². The first-order valence-corrected chi connectivity index (χ1v) is 6.53. The molecule has 0 radical (unpaired) electrons. The second-order valence-electron chi connectivity index (χ2n) is 3.97. The van der Waals surface area contributed by atoms with Gasteiger partial charge in [-0.2, -0.15) is 22.0 Å². The summed E-state index contributed by atoms with van der Waals surface area (Å²) in [7, 11) is 0. The molecule has 0 aliphatic rings. The summed E-state index contributed by atoms with van der Waals surface area (Å²) in [6, 6.07) is 3.73. The van der Waals surface area contributed by atoms with Gasteiger partial charge in [-0.3, -0.25) is 4.21 Å². The summed E-state index contributed by atoms with van der Waals surface area (Å²) in [6.07, 6.45) is -10.2. The van der Waals surface area contributed by atoms with Gasteiger partial charge in [-0.1, -0.05) is 12.1 Å². The maximum Gasteiger partial charge on any atom is 0.432 e. The van der Waals surface area contributed by atoms with Crippen LogP contribution in [0.15, 0.2) is 24.3 Å².